The Bertz CT molecular complexity index is 1050. The molecule has 188 valence electrons. The molecule has 0 spiro atoms. The van der Waals surface area contributed by atoms with E-state index in [1.165, 1.54) is 12.1 Å². The van der Waals surface area contributed by atoms with E-state index < -0.39 is 29.3 Å². The first-order valence-electron chi connectivity index (χ1n) is 12.6. The molecular formula is C29H33F3O3. The van der Waals surface area contributed by atoms with Gasteiger partial charge < -0.3 is 9.47 Å². The third kappa shape index (κ3) is 5.91. The zero-order chi connectivity index (χ0) is 24.9. The molecule has 0 aliphatic heterocycles. The van der Waals surface area contributed by atoms with Crippen molar-refractivity contribution in [3.8, 4) is 11.5 Å². The molecule has 0 saturated heterocycles. The predicted molar refractivity (Wildman–Crippen MR) is 129 cm³/mol. The highest BCUT2D eigenvalue weighted by atomic mass is 19.2. The summed E-state index contributed by atoms with van der Waals surface area (Å²) in [6.45, 7) is 5.99. The minimum absolute atomic E-state index is 0.0864. The zero-order valence-corrected chi connectivity index (χ0v) is 20.2. The van der Waals surface area contributed by atoms with Gasteiger partial charge in [-0.2, -0.15) is 0 Å². The number of hydrogen-bond donors (Lipinski definition) is 0. The second-order valence-corrected chi connectivity index (χ2v) is 9.99. The summed E-state index contributed by atoms with van der Waals surface area (Å²) in [5.74, 6) is -2.28. The Labute approximate surface area is 205 Å². The molecule has 0 bridgehead atoms. The molecule has 0 amide bonds. The summed E-state index contributed by atoms with van der Waals surface area (Å²) >= 11 is 0. The Balaban J connectivity index is 1.35. The number of carbonyl (C=O) groups excluding carboxylic acids is 1. The van der Waals surface area contributed by atoms with Gasteiger partial charge in [-0.3, -0.25) is 4.79 Å². The average Bonchev–Trinajstić information content (AvgIpc) is 2.86. The lowest BCUT2D eigenvalue weighted by Gasteiger charge is -2.29. The summed E-state index contributed by atoms with van der Waals surface area (Å²) in [6, 6.07) is 7.56. The minimum Gasteiger partial charge on any atom is -0.489 e. The molecule has 0 N–H and O–H groups in total. The smallest absolute Gasteiger partial charge is 0.314 e. The van der Waals surface area contributed by atoms with E-state index in [9.17, 15) is 13.6 Å². The molecule has 2 aromatic rings. The molecule has 4 rings (SSSR count). The van der Waals surface area contributed by atoms with E-state index in [1.807, 2.05) is 0 Å². The molecular weight excluding hydrogens is 453 g/mol. The lowest BCUT2D eigenvalue weighted by Crippen LogP contribution is -2.26. The topological polar surface area (TPSA) is 35.5 Å². The first kappa shape index (κ1) is 25.3. The third-order valence-electron chi connectivity index (χ3n) is 7.58. The number of halogens is 3. The first-order valence-corrected chi connectivity index (χ1v) is 12.6. The molecule has 0 radical (unpaired) electrons. The van der Waals surface area contributed by atoms with Gasteiger partial charge in [0.15, 0.2) is 23.2 Å². The van der Waals surface area contributed by atoms with E-state index in [0.717, 1.165) is 31.7 Å². The van der Waals surface area contributed by atoms with Gasteiger partial charge in [0, 0.05) is 6.07 Å². The van der Waals surface area contributed by atoms with Crippen LogP contribution in [0.25, 0.3) is 0 Å². The summed E-state index contributed by atoms with van der Waals surface area (Å²) in [4.78, 5) is 12.6. The summed E-state index contributed by atoms with van der Waals surface area (Å²) in [7, 11) is 0. The lowest BCUT2D eigenvalue weighted by atomic mass is 9.76. The molecule has 0 atom stereocenters. The Morgan fingerprint density at radius 3 is 2.03 bits per heavy atom. The maximum absolute atomic E-state index is 15.1. The molecule has 2 fully saturated rings. The number of rotatable bonds is 7. The Kier molecular flexibility index (Phi) is 8.19. The van der Waals surface area contributed by atoms with Gasteiger partial charge in [0.1, 0.15) is 12.4 Å². The molecule has 2 aliphatic rings. The quantitative estimate of drug-likeness (QED) is 0.227. The molecule has 35 heavy (non-hydrogen) atoms. The minimum atomic E-state index is -0.743. The van der Waals surface area contributed by atoms with Gasteiger partial charge in [-0.15, -0.1) is 0 Å². The number of benzene rings is 2. The summed E-state index contributed by atoms with van der Waals surface area (Å²) in [5.41, 5.74) is 0.891. The fourth-order valence-electron chi connectivity index (χ4n) is 5.42. The highest BCUT2D eigenvalue weighted by Gasteiger charge is 2.32. The van der Waals surface area contributed by atoms with E-state index in [0.29, 0.717) is 48.5 Å². The van der Waals surface area contributed by atoms with Crippen LogP contribution in [-0.2, 0) is 4.79 Å². The molecule has 3 nitrogen and oxygen atoms in total. The Morgan fingerprint density at radius 2 is 1.49 bits per heavy atom. The van der Waals surface area contributed by atoms with Crippen LogP contribution >= 0.6 is 0 Å². The maximum Gasteiger partial charge on any atom is 0.314 e. The van der Waals surface area contributed by atoms with Gasteiger partial charge in [-0.1, -0.05) is 44.6 Å². The third-order valence-corrected chi connectivity index (χ3v) is 7.58. The van der Waals surface area contributed by atoms with Crippen molar-refractivity contribution >= 4 is 5.97 Å². The fraction of sp³-hybridized carbons (Fsp3) is 0.483. The van der Waals surface area contributed by atoms with Crippen molar-refractivity contribution in [2.45, 2.75) is 70.1 Å². The van der Waals surface area contributed by atoms with Crippen LogP contribution in [0.4, 0.5) is 13.2 Å². The van der Waals surface area contributed by atoms with Crippen LogP contribution < -0.4 is 9.47 Å². The van der Waals surface area contributed by atoms with E-state index in [1.54, 1.807) is 18.2 Å². The van der Waals surface area contributed by atoms with Crippen LogP contribution in [0.15, 0.2) is 43.0 Å². The average molecular weight is 487 g/mol. The van der Waals surface area contributed by atoms with Crippen molar-refractivity contribution in [3.63, 3.8) is 0 Å². The van der Waals surface area contributed by atoms with Crippen LogP contribution in [0.3, 0.4) is 0 Å². The fourth-order valence-corrected chi connectivity index (χ4v) is 5.42. The standard InChI is InChI=1S/C29H33F3O3/c1-3-16-34-22-12-15-26(25(30)17-22)35-29(33)21-10-8-20(9-11-21)24-14-13-23(27(31)28(24)32)19-6-4-18(2)5-7-19/h3,12-15,17-21H,1,4-11,16H2,2H3. The second-order valence-electron chi connectivity index (χ2n) is 9.99. The number of hydrogen-bond acceptors (Lipinski definition) is 3. The Morgan fingerprint density at radius 1 is 0.914 bits per heavy atom. The Hall–Kier alpha value is -2.76. The van der Waals surface area contributed by atoms with Crippen molar-refractivity contribution in [2.24, 2.45) is 11.8 Å². The molecule has 6 heteroatoms. The van der Waals surface area contributed by atoms with E-state index in [2.05, 4.69) is 13.5 Å². The molecule has 2 aromatic carbocycles. The van der Waals surface area contributed by atoms with Crippen molar-refractivity contribution in [1.29, 1.82) is 0 Å². The van der Waals surface area contributed by atoms with Crippen LogP contribution in [0.2, 0.25) is 0 Å². The van der Waals surface area contributed by atoms with Crippen molar-refractivity contribution < 1.29 is 27.4 Å². The summed E-state index contributed by atoms with van der Waals surface area (Å²) in [6.07, 6.45) is 7.50. The lowest BCUT2D eigenvalue weighted by molar-refractivity contribution is -0.140. The summed E-state index contributed by atoms with van der Waals surface area (Å²) < 4.78 is 54.9. The van der Waals surface area contributed by atoms with Crippen LogP contribution in [-0.4, -0.2) is 12.6 Å². The molecule has 0 unspecified atom stereocenters. The van der Waals surface area contributed by atoms with E-state index in [-0.39, 0.29) is 24.2 Å². The van der Waals surface area contributed by atoms with Crippen molar-refractivity contribution in [1.82, 2.24) is 0 Å². The number of esters is 1. The highest BCUT2D eigenvalue weighted by molar-refractivity contribution is 5.75. The van der Waals surface area contributed by atoms with Gasteiger partial charge in [0.2, 0.25) is 0 Å². The first-order chi connectivity index (χ1) is 16.9. The largest absolute Gasteiger partial charge is 0.489 e. The van der Waals surface area contributed by atoms with E-state index in [4.69, 9.17) is 9.47 Å². The predicted octanol–water partition coefficient (Wildman–Crippen LogP) is 7.84. The number of carbonyl (C=O) groups is 1. The van der Waals surface area contributed by atoms with Gasteiger partial charge >= 0.3 is 5.97 Å². The SMILES string of the molecule is C=CCOc1ccc(OC(=O)C2CCC(c3ccc(C4CCC(C)CC4)c(F)c3F)CC2)c(F)c1. The second kappa shape index (κ2) is 11.3. The molecule has 0 aromatic heterocycles. The maximum atomic E-state index is 15.1. The summed E-state index contributed by atoms with van der Waals surface area (Å²) in [5, 5.41) is 0. The molecule has 2 saturated carbocycles. The van der Waals surface area contributed by atoms with Crippen LogP contribution in [0, 0.1) is 29.3 Å². The molecule has 2 aliphatic carbocycles. The normalized spacial score (nSPS) is 24.6. The van der Waals surface area contributed by atoms with Crippen LogP contribution in [0.1, 0.15) is 81.3 Å². The van der Waals surface area contributed by atoms with Crippen molar-refractivity contribution in [2.75, 3.05) is 6.61 Å². The van der Waals surface area contributed by atoms with Crippen LogP contribution in [0.5, 0.6) is 11.5 Å². The van der Waals surface area contributed by atoms with Gasteiger partial charge in [-0.05, 0) is 79.5 Å². The molecule has 0 heterocycles. The van der Waals surface area contributed by atoms with Gasteiger partial charge in [-0.25, -0.2) is 13.2 Å². The monoisotopic (exact) mass is 486 g/mol. The number of ether oxygens (including phenoxy) is 2. The van der Waals surface area contributed by atoms with Gasteiger partial charge in [0.25, 0.3) is 0 Å². The highest BCUT2D eigenvalue weighted by Crippen LogP contribution is 2.41. The van der Waals surface area contributed by atoms with E-state index >= 15 is 4.39 Å². The zero-order valence-electron chi connectivity index (χ0n) is 20.2. The van der Waals surface area contributed by atoms with Crippen molar-refractivity contribution in [3.05, 3.63) is 71.6 Å². The van der Waals surface area contributed by atoms with Gasteiger partial charge in [0.05, 0.1) is 5.92 Å².